The highest BCUT2D eigenvalue weighted by atomic mass is 35.5. The van der Waals surface area contributed by atoms with Crippen LogP contribution in [0.4, 0.5) is 0 Å². The van der Waals surface area contributed by atoms with Gasteiger partial charge in [0.1, 0.15) is 4.90 Å². The van der Waals surface area contributed by atoms with Crippen LogP contribution in [0, 0.1) is 0 Å². The van der Waals surface area contributed by atoms with Crippen LogP contribution in [-0.2, 0) is 16.6 Å². The van der Waals surface area contributed by atoms with Crippen molar-refractivity contribution in [3.8, 4) is 0 Å². The number of carbonyl (C=O) groups excluding carboxylic acids is 1. The predicted molar refractivity (Wildman–Crippen MR) is 92.2 cm³/mol. The molecule has 1 heterocycles. The summed E-state index contributed by atoms with van der Waals surface area (Å²) >= 11 is 5.95. The van der Waals surface area contributed by atoms with Gasteiger partial charge in [0, 0.05) is 18.3 Å². The van der Waals surface area contributed by atoms with E-state index in [0.29, 0.717) is 5.69 Å². The average Bonchev–Trinajstić information content (AvgIpc) is 2.59. The second kappa shape index (κ2) is 8.05. The van der Waals surface area contributed by atoms with E-state index in [1.807, 2.05) is 6.07 Å². The van der Waals surface area contributed by atoms with Gasteiger partial charge >= 0.3 is 0 Å². The summed E-state index contributed by atoms with van der Waals surface area (Å²) < 4.78 is 26.7. The van der Waals surface area contributed by atoms with Crippen LogP contribution in [0.1, 0.15) is 16.1 Å². The molecule has 0 bridgehead atoms. The summed E-state index contributed by atoms with van der Waals surface area (Å²) in [5, 5.41) is 2.72. The van der Waals surface area contributed by atoms with E-state index in [4.69, 9.17) is 11.6 Å². The molecule has 2 aromatic rings. The van der Waals surface area contributed by atoms with Gasteiger partial charge < -0.3 is 5.32 Å². The van der Waals surface area contributed by atoms with Gasteiger partial charge in [-0.3, -0.25) is 9.78 Å². The molecule has 2 N–H and O–H groups in total. The molecule has 1 amide bonds. The summed E-state index contributed by atoms with van der Waals surface area (Å²) in [6.45, 7) is 3.75. The largest absolute Gasteiger partial charge is 0.346 e. The number of sulfonamides is 1. The second-order valence-corrected chi connectivity index (χ2v) is 6.93. The van der Waals surface area contributed by atoms with Gasteiger partial charge in [-0.1, -0.05) is 23.7 Å². The minimum absolute atomic E-state index is 0.0350. The quantitative estimate of drug-likeness (QED) is 0.736. The number of benzene rings is 1. The van der Waals surface area contributed by atoms with Crippen molar-refractivity contribution in [3.63, 3.8) is 0 Å². The van der Waals surface area contributed by atoms with Gasteiger partial charge in [-0.15, -0.1) is 6.58 Å². The van der Waals surface area contributed by atoms with Crippen molar-refractivity contribution in [1.29, 1.82) is 0 Å². The Kier molecular flexibility index (Phi) is 6.08. The monoisotopic (exact) mass is 365 g/mol. The van der Waals surface area contributed by atoms with Crippen LogP contribution in [0.2, 0.25) is 5.02 Å². The molecule has 1 aromatic carbocycles. The predicted octanol–water partition coefficient (Wildman–Crippen LogP) is 2.13. The fourth-order valence-electron chi connectivity index (χ4n) is 1.87. The van der Waals surface area contributed by atoms with Gasteiger partial charge in [0.25, 0.3) is 5.91 Å². The third-order valence-electron chi connectivity index (χ3n) is 3.06. The van der Waals surface area contributed by atoms with E-state index in [9.17, 15) is 13.2 Å². The van der Waals surface area contributed by atoms with Crippen LogP contribution in [0.15, 0.2) is 60.1 Å². The molecule has 0 aliphatic heterocycles. The molecule has 0 unspecified atom stereocenters. The molecule has 126 valence electrons. The summed E-state index contributed by atoms with van der Waals surface area (Å²) in [6, 6.07) is 9.44. The molecule has 2 rings (SSSR count). The lowest BCUT2D eigenvalue weighted by atomic mass is 10.2. The highest BCUT2D eigenvalue weighted by Gasteiger charge is 2.19. The zero-order valence-electron chi connectivity index (χ0n) is 12.7. The number of pyridine rings is 1. The van der Waals surface area contributed by atoms with E-state index < -0.39 is 15.9 Å². The Hall–Kier alpha value is -2.22. The molecular weight excluding hydrogens is 350 g/mol. The normalized spacial score (nSPS) is 11.0. The molecule has 8 heteroatoms. The minimum Gasteiger partial charge on any atom is -0.346 e. The number of aromatic nitrogens is 1. The van der Waals surface area contributed by atoms with Crippen molar-refractivity contribution in [2.24, 2.45) is 0 Å². The maximum absolute atomic E-state index is 12.2. The summed E-state index contributed by atoms with van der Waals surface area (Å²) in [5.74, 6) is -0.419. The van der Waals surface area contributed by atoms with E-state index in [1.165, 1.54) is 24.3 Å². The zero-order chi connectivity index (χ0) is 17.6. The number of nitrogens with one attached hydrogen (secondary N) is 2. The standard InChI is InChI=1S/C16H16ClN3O3S/c1-2-8-20-24(22,23)15-10-12(6-7-14(15)17)16(21)19-11-13-5-3-4-9-18-13/h2-7,9-10,20H,1,8,11H2,(H,19,21). The first-order valence-corrected chi connectivity index (χ1v) is 8.88. The van der Waals surface area contributed by atoms with Crippen LogP contribution < -0.4 is 10.0 Å². The van der Waals surface area contributed by atoms with Crippen molar-refractivity contribution >= 4 is 27.5 Å². The smallest absolute Gasteiger partial charge is 0.251 e. The third kappa shape index (κ3) is 4.64. The van der Waals surface area contributed by atoms with Gasteiger partial charge in [-0.2, -0.15) is 0 Å². The lowest BCUT2D eigenvalue weighted by molar-refractivity contribution is 0.0950. The molecule has 0 saturated heterocycles. The van der Waals surface area contributed by atoms with E-state index in [2.05, 4.69) is 21.6 Å². The number of amides is 1. The second-order valence-electron chi connectivity index (χ2n) is 4.79. The highest BCUT2D eigenvalue weighted by molar-refractivity contribution is 7.89. The third-order valence-corrected chi connectivity index (χ3v) is 4.96. The van der Waals surface area contributed by atoms with Gasteiger partial charge in [0.2, 0.25) is 10.0 Å². The topological polar surface area (TPSA) is 88.2 Å². The molecular formula is C16H16ClN3O3S. The first kappa shape index (κ1) is 18.1. The lowest BCUT2D eigenvalue weighted by Crippen LogP contribution is -2.26. The number of hydrogen-bond donors (Lipinski definition) is 2. The Labute approximate surface area is 145 Å². The first-order chi connectivity index (χ1) is 11.4. The Balaban J connectivity index is 2.18. The average molecular weight is 366 g/mol. The first-order valence-electron chi connectivity index (χ1n) is 7.02. The minimum atomic E-state index is -3.82. The van der Waals surface area contributed by atoms with Gasteiger partial charge in [0.15, 0.2) is 0 Å². The van der Waals surface area contributed by atoms with Crippen molar-refractivity contribution in [1.82, 2.24) is 15.0 Å². The fraction of sp³-hybridized carbons (Fsp3) is 0.125. The van der Waals surface area contributed by atoms with E-state index in [0.717, 1.165) is 0 Å². The molecule has 0 aliphatic carbocycles. The van der Waals surface area contributed by atoms with Gasteiger partial charge in [0.05, 0.1) is 17.3 Å². The number of nitrogens with zero attached hydrogens (tertiary/aromatic N) is 1. The van der Waals surface area contributed by atoms with Crippen molar-refractivity contribution in [2.45, 2.75) is 11.4 Å². The lowest BCUT2D eigenvalue weighted by Gasteiger charge is -2.10. The number of carbonyl (C=O) groups is 1. The fourth-order valence-corrected chi connectivity index (χ4v) is 3.39. The maximum atomic E-state index is 12.2. The summed E-state index contributed by atoms with van der Waals surface area (Å²) in [7, 11) is -3.82. The highest BCUT2D eigenvalue weighted by Crippen LogP contribution is 2.22. The van der Waals surface area contributed by atoms with Crippen LogP contribution in [0.5, 0.6) is 0 Å². The number of rotatable bonds is 7. The van der Waals surface area contributed by atoms with Gasteiger partial charge in [-0.25, -0.2) is 13.1 Å². The Morgan fingerprint density at radius 1 is 1.29 bits per heavy atom. The van der Waals surface area contributed by atoms with Gasteiger partial charge in [-0.05, 0) is 30.3 Å². The zero-order valence-corrected chi connectivity index (χ0v) is 14.3. The van der Waals surface area contributed by atoms with Crippen LogP contribution in [0.3, 0.4) is 0 Å². The molecule has 6 nitrogen and oxygen atoms in total. The van der Waals surface area contributed by atoms with Crippen molar-refractivity contribution in [2.75, 3.05) is 6.54 Å². The van der Waals surface area contributed by atoms with Crippen molar-refractivity contribution in [3.05, 3.63) is 71.5 Å². The Bertz CT molecular complexity index is 839. The summed E-state index contributed by atoms with van der Waals surface area (Å²) in [5.41, 5.74) is 0.884. The van der Waals surface area contributed by atoms with Crippen LogP contribution in [-0.4, -0.2) is 25.9 Å². The van der Waals surface area contributed by atoms with E-state index >= 15 is 0 Å². The molecule has 24 heavy (non-hydrogen) atoms. The Morgan fingerprint density at radius 2 is 2.08 bits per heavy atom. The maximum Gasteiger partial charge on any atom is 0.251 e. The molecule has 0 spiro atoms. The number of hydrogen-bond acceptors (Lipinski definition) is 4. The molecule has 0 aliphatic rings. The molecule has 0 saturated carbocycles. The molecule has 0 atom stereocenters. The molecule has 0 fully saturated rings. The van der Waals surface area contributed by atoms with E-state index in [1.54, 1.807) is 18.3 Å². The van der Waals surface area contributed by atoms with Crippen molar-refractivity contribution < 1.29 is 13.2 Å². The van der Waals surface area contributed by atoms with E-state index in [-0.39, 0.29) is 28.6 Å². The number of halogens is 1. The summed E-state index contributed by atoms with van der Waals surface area (Å²) in [6.07, 6.45) is 3.04. The Morgan fingerprint density at radius 3 is 2.75 bits per heavy atom. The molecule has 1 aromatic heterocycles. The van der Waals surface area contributed by atoms with Crippen LogP contribution in [0.25, 0.3) is 0 Å². The summed E-state index contributed by atoms with van der Waals surface area (Å²) in [4.78, 5) is 16.2. The molecule has 0 radical (unpaired) electrons. The SMILES string of the molecule is C=CCNS(=O)(=O)c1cc(C(=O)NCc2ccccn2)ccc1Cl. The van der Waals surface area contributed by atoms with Crippen LogP contribution >= 0.6 is 11.6 Å².